The molecule has 1 aliphatic rings. The maximum Gasteiger partial charge on any atom is 0.310 e. The minimum Gasteiger partial charge on any atom is -0.469 e. The summed E-state index contributed by atoms with van der Waals surface area (Å²) in [6.07, 6.45) is 1.83. The van der Waals surface area contributed by atoms with Gasteiger partial charge in [-0.1, -0.05) is 30.3 Å². The molecule has 0 aromatic rings. The average molecular weight is 284 g/mol. The van der Waals surface area contributed by atoms with E-state index in [1.54, 1.807) is 0 Å². The van der Waals surface area contributed by atoms with Crippen molar-refractivity contribution in [2.24, 2.45) is 17.3 Å². The second-order valence-corrected chi connectivity index (χ2v) is 6.15. The van der Waals surface area contributed by atoms with Crippen LogP contribution in [0.15, 0.2) is 11.6 Å². The highest BCUT2D eigenvalue weighted by Gasteiger charge is 2.75. The van der Waals surface area contributed by atoms with Crippen molar-refractivity contribution in [3.63, 3.8) is 0 Å². The van der Waals surface area contributed by atoms with Crippen molar-refractivity contribution in [2.45, 2.75) is 27.7 Å². The number of hydrogen-bond donors (Lipinski definition) is 0. The molecule has 0 saturated heterocycles. The number of rotatable bonds is 5. The molecule has 0 aromatic carbocycles. The highest BCUT2D eigenvalue weighted by Crippen LogP contribution is 2.63. The fourth-order valence-corrected chi connectivity index (χ4v) is 3.48. The van der Waals surface area contributed by atoms with E-state index in [4.69, 9.17) is 4.74 Å². The van der Waals surface area contributed by atoms with Gasteiger partial charge >= 0.3 is 5.97 Å². The molecule has 0 radical (unpaired) electrons. The van der Waals surface area contributed by atoms with Crippen LogP contribution < -0.4 is 0 Å². The molecule has 0 spiro atoms. The highest BCUT2D eigenvalue weighted by atomic mass is 32.2. The van der Waals surface area contributed by atoms with E-state index in [-0.39, 0.29) is 16.8 Å². The molecule has 0 aliphatic heterocycles. The van der Waals surface area contributed by atoms with Gasteiger partial charge in [-0.2, -0.15) is 0 Å². The number of hydrogen-bond acceptors (Lipinski definition) is 5. The molecule has 1 fully saturated rings. The number of thioether (sulfide) groups is 1. The molecule has 0 bridgehead atoms. The normalized spacial score (nSPS) is 28.5. The number of methoxy groups -OCH3 is 1. The van der Waals surface area contributed by atoms with E-state index in [2.05, 4.69) is 0 Å². The fraction of sp³-hybridized carbons (Fsp3) is 0.643. The van der Waals surface area contributed by atoms with Gasteiger partial charge in [-0.05, 0) is 26.5 Å². The molecule has 4 nitrogen and oxygen atoms in total. The van der Waals surface area contributed by atoms with Crippen LogP contribution in [0, 0.1) is 17.3 Å². The molecule has 0 N–H and O–H groups in total. The molecule has 0 amide bonds. The second kappa shape index (κ2) is 5.90. The van der Waals surface area contributed by atoms with Crippen LogP contribution in [-0.4, -0.2) is 29.7 Å². The molecule has 1 aliphatic carbocycles. The van der Waals surface area contributed by atoms with Crippen LogP contribution >= 0.6 is 11.8 Å². The van der Waals surface area contributed by atoms with E-state index in [0.29, 0.717) is 5.75 Å². The van der Waals surface area contributed by atoms with Crippen LogP contribution in [0.1, 0.15) is 27.7 Å². The van der Waals surface area contributed by atoms with Gasteiger partial charge in [-0.25, -0.2) is 0 Å². The van der Waals surface area contributed by atoms with Crippen LogP contribution in [0.2, 0.25) is 0 Å². The van der Waals surface area contributed by atoms with E-state index in [0.717, 1.165) is 17.3 Å². The SMILES string of the molecule is CCSC(=O)[C@@]1(C(C)=O)[C@H](C=C(C)C)[C@H]1C(=O)OC. The van der Waals surface area contributed by atoms with Crippen molar-refractivity contribution in [1.82, 2.24) is 0 Å². The molecule has 0 aromatic heterocycles. The summed E-state index contributed by atoms with van der Waals surface area (Å²) in [6.45, 7) is 6.99. The Balaban J connectivity index is 3.21. The summed E-state index contributed by atoms with van der Waals surface area (Å²) in [7, 11) is 1.28. The number of allylic oxidation sites excluding steroid dienone is 2. The highest BCUT2D eigenvalue weighted by molar-refractivity contribution is 8.13. The summed E-state index contributed by atoms with van der Waals surface area (Å²) in [5, 5.41) is -0.222. The molecule has 1 saturated carbocycles. The fourth-order valence-electron chi connectivity index (χ4n) is 2.57. The maximum absolute atomic E-state index is 12.3. The lowest BCUT2D eigenvalue weighted by Gasteiger charge is -2.11. The summed E-state index contributed by atoms with van der Waals surface area (Å²) in [4.78, 5) is 36.1. The van der Waals surface area contributed by atoms with E-state index < -0.39 is 17.3 Å². The van der Waals surface area contributed by atoms with Gasteiger partial charge < -0.3 is 4.74 Å². The van der Waals surface area contributed by atoms with Gasteiger partial charge in [0, 0.05) is 5.92 Å². The summed E-state index contributed by atoms with van der Waals surface area (Å²) in [6, 6.07) is 0. The summed E-state index contributed by atoms with van der Waals surface area (Å²) in [5.74, 6) is -1.19. The topological polar surface area (TPSA) is 60.4 Å². The number of Topliss-reactive ketones (excluding diaryl/α,β-unsaturated/α-hetero) is 1. The number of ether oxygens (including phenoxy) is 1. The molecular weight excluding hydrogens is 264 g/mol. The summed E-state index contributed by atoms with van der Waals surface area (Å²) < 4.78 is 4.74. The Morgan fingerprint density at radius 1 is 1.26 bits per heavy atom. The van der Waals surface area contributed by atoms with Crippen LogP contribution in [0.25, 0.3) is 0 Å². The van der Waals surface area contributed by atoms with Crippen molar-refractivity contribution in [3.8, 4) is 0 Å². The van der Waals surface area contributed by atoms with Gasteiger partial charge in [-0.15, -0.1) is 0 Å². The molecule has 1 rings (SSSR count). The van der Waals surface area contributed by atoms with E-state index in [1.165, 1.54) is 14.0 Å². The Hall–Kier alpha value is -1.10. The Labute approximate surface area is 118 Å². The first-order valence-electron chi connectivity index (χ1n) is 6.25. The van der Waals surface area contributed by atoms with Crippen LogP contribution in [0.3, 0.4) is 0 Å². The smallest absolute Gasteiger partial charge is 0.310 e. The Bertz CT molecular complexity index is 437. The maximum atomic E-state index is 12.3. The predicted molar refractivity (Wildman–Crippen MR) is 74.7 cm³/mol. The molecule has 5 heteroatoms. The lowest BCUT2D eigenvalue weighted by atomic mass is 9.98. The summed E-state index contributed by atoms with van der Waals surface area (Å²) in [5.41, 5.74) is -0.235. The standard InChI is InChI=1S/C14H20O4S/c1-6-19-13(17)14(9(4)15)10(7-8(2)3)11(14)12(16)18-5/h7,10-11H,6H2,1-5H3/t10-,11+,14+/m1/s1. The zero-order valence-corrected chi connectivity index (χ0v) is 12.8. The van der Waals surface area contributed by atoms with Crippen molar-refractivity contribution in [2.75, 3.05) is 12.9 Å². The summed E-state index contributed by atoms with van der Waals surface area (Å²) >= 11 is 1.09. The molecular formula is C14H20O4S. The largest absolute Gasteiger partial charge is 0.469 e. The minimum atomic E-state index is -1.22. The van der Waals surface area contributed by atoms with Gasteiger partial charge in [0.05, 0.1) is 13.0 Å². The monoisotopic (exact) mass is 284 g/mol. The first kappa shape index (κ1) is 16.0. The van der Waals surface area contributed by atoms with Gasteiger partial charge in [0.1, 0.15) is 11.2 Å². The Morgan fingerprint density at radius 3 is 2.21 bits per heavy atom. The number of esters is 1. The molecule has 3 atom stereocenters. The van der Waals surface area contributed by atoms with Crippen molar-refractivity contribution >= 4 is 28.6 Å². The van der Waals surface area contributed by atoms with Gasteiger partial charge in [0.2, 0.25) is 5.12 Å². The lowest BCUT2D eigenvalue weighted by Crippen LogP contribution is -2.27. The Kier molecular flexibility index (Phi) is 4.96. The van der Waals surface area contributed by atoms with Crippen molar-refractivity contribution < 1.29 is 19.1 Å². The molecule has 19 heavy (non-hydrogen) atoms. The third kappa shape index (κ3) is 2.61. The number of ketones is 1. The molecule has 0 heterocycles. The van der Waals surface area contributed by atoms with E-state index >= 15 is 0 Å². The average Bonchev–Trinajstić information content (AvgIpc) is 2.97. The number of carbonyl (C=O) groups excluding carboxylic acids is 3. The third-order valence-corrected chi connectivity index (χ3v) is 4.32. The van der Waals surface area contributed by atoms with E-state index in [9.17, 15) is 14.4 Å². The molecule has 0 unspecified atom stereocenters. The van der Waals surface area contributed by atoms with Crippen LogP contribution in [-0.2, 0) is 19.1 Å². The van der Waals surface area contributed by atoms with Crippen LogP contribution in [0.4, 0.5) is 0 Å². The third-order valence-electron chi connectivity index (χ3n) is 3.43. The van der Waals surface area contributed by atoms with Gasteiger partial charge in [0.15, 0.2) is 0 Å². The zero-order chi connectivity index (χ0) is 14.8. The first-order chi connectivity index (χ1) is 8.83. The van der Waals surface area contributed by atoms with Crippen molar-refractivity contribution in [1.29, 1.82) is 0 Å². The van der Waals surface area contributed by atoms with Gasteiger partial charge in [0.25, 0.3) is 0 Å². The van der Waals surface area contributed by atoms with Crippen molar-refractivity contribution in [3.05, 3.63) is 11.6 Å². The second-order valence-electron chi connectivity index (χ2n) is 4.92. The van der Waals surface area contributed by atoms with Crippen LogP contribution in [0.5, 0.6) is 0 Å². The predicted octanol–water partition coefficient (Wildman–Crippen LogP) is 2.23. The quantitative estimate of drug-likeness (QED) is 0.440. The first-order valence-corrected chi connectivity index (χ1v) is 7.23. The lowest BCUT2D eigenvalue weighted by molar-refractivity contribution is -0.146. The molecule has 106 valence electrons. The van der Waals surface area contributed by atoms with E-state index in [1.807, 2.05) is 26.8 Å². The Morgan fingerprint density at radius 2 is 1.84 bits per heavy atom. The minimum absolute atomic E-state index is 0.222. The zero-order valence-electron chi connectivity index (χ0n) is 12.0. The number of carbonyl (C=O) groups is 3. The van der Waals surface area contributed by atoms with Gasteiger partial charge in [-0.3, -0.25) is 14.4 Å².